The van der Waals surface area contributed by atoms with Crippen molar-refractivity contribution in [2.24, 2.45) is 0 Å². The molecule has 0 heterocycles. The molecule has 1 N–H and O–H groups in total. The highest BCUT2D eigenvalue weighted by molar-refractivity contribution is 6.42. The molecular formula is C16H24Cl2N2O. The second-order valence-corrected chi connectivity index (χ2v) is 5.96. The number of benzene rings is 1. The monoisotopic (exact) mass is 330 g/mol. The van der Waals surface area contributed by atoms with Gasteiger partial charge >= 0.3 is 0 Å². The highest BCUT2D eigenvalue weighted by Gasteiger charge is 2.20. The molecule has 118 valence electrons. The third-order valence-corrected chi connectivity index (χ3v) is 4.23. The lowest BCUT2D eigenvalue weighted by molar-refractivity contribution is -0.133. The fourth-order valence-electron chi connectivity index (χ4n) is 2.29. The van der Waals surface area contributed by atoms with Crippen molar-refractivity contribution < 1.29 is 4.79 Å². The molecule has 0 aliphatic carbocycles. The minimum Gasteiger partial charge on any atom is -0.336 e. The fourth-order valence-corrected chi connectivity index (χ4v) is 2.59. The van der Waals surface area contributed by atoms with Gasteiger partial charge in [-0.1, -0.05) is 36.2 Å². The van der Waals surface area contributed by atoms with Crippen LogP contribution in [0.15, 0.2) is 18.2 Å². The standard InChI is InChI=1S/C16H24Cl2N2O/c1-4-10-20(16(21)6-5-9-19-3)12(2)13-7-8-14(17)15(18)11-13/h7-8,11-12,19H,4-6,9-10H2,1-3H3. The maximum absolute atomic E-state index is 12.4. The number of nitrogens with one attached hydrogen (secondary N) is 1. The second-order valence-electron chi connectivity index (χ2n) is 5.14. The summed E-state index contributed by atoms with van der Waals surface area (Å²) in [6.07, 6.45) is 2.35. The molecule has 3 nitrogen and oxygen atoms in total. The molecule has 1 amide bonds. The van der Waals surface area contributed by atoms with Crippen molar-refractivity contribution in [3.63, 3.8) is 0 Å². The van der Waals surface area contributed by atoms with Crippen LogP contribution in [0.3, 0.4) is 0 Å². The van der Waals surface area contributed by atoms with Gasteiger partial charge in [-0.15, -0.1) is 0 Å². The predicted octanol–water partition coefficient (Wildman–Crippen LogP) is 4.29. The van der Waals surface area contributed by atoms with Gasteiger partial charge in [0.25, 0.3) is 0 Å². The van der Waals surface area contributed by atoms with Gasteiger partial charge in [-0.3, -0.25) is 4.79 Å². The fraction of sp³-hybridized carbons (Fsp3) is 0.562. The Balaban J connectivity index is 2.82. The number of nitrogens with zero attached hydrogens (tertiary/aromatic N) is 1. The molecular weight excluding hydrogens is 307 g/mol. The Hall–Kier alpha value is -0.770. The van der Waals surface area contributed by atoms with E-state index < -0.39 is 0 Å². The second kappa shape index (κ2) is 9.29. The summed E-state index contributed by atoms with van der Waals surface area (Å²) in [5.41, 5.74) is 1.01. The van der Waals surface area contributed by atoms with Crippen LogP contribution in [0.25, 0.3) is 0 Å². The van der Waals surface area contributed by atoms with E-state index in [1.807, 2.05) is 31.0 Å². The zero-order valence-corrected chi connectivity index (χ0v) is 14.5. The van der Waals surface area contributed by atoms with Crippen LogP contribution in [-0.2, 0) is 4.79 Å². The van der Waals surface area contributed by atoms with E-state index in [1.165, 1.54) is 0 Å². The van der Waals surface area contributed by atoms with E-state index in [1.54, 1.807) is 6.07 Å². The van der Waals surface area contributed by atoms with Crippen molar-refractivity contribution in [2.75, 3.05) is 20.1 Å². The number of halogens is 2. The van der Waals surface area contributed by atoms with Crippen molar-refractivity contribution in [2.45, 2.75) is 39.2 Å². The van der Waals surface area contributed by atoms with Crippen molar-refractivity contribution in [3.05, 3.63) is 33.8 Å². The third-order valence-electron chi connectivity index (χ3n) is 3.50. The van der Waals surface area contributed by atoms with Crippen molar-refractivity contribution in [3.8, 4) is 0 Å². The first-order valence-electron chi connectivity index (χ1n) is 7.40. The van der Waals surface area contributed by atoms with Gasteiger partial charge in [0, 0.05) is 13.0 Å². The Bertz CT molecular complexity index is 466. The van der Waals surface area contributed by atoms with Gasteiger partial charge in [-0.05, 0) is 51.1 Å². The molecule has 1 atom stereocenters. The summed E-state index contributed by atoms with van der Waals surface area (Å²) in [4.78, 5) is 14.3. The van der Waals surface area contributed by atoms with Crippen LogP contribution in [0.5, 0.6) is 0 Å². The normalized spacial score (nSPS) is 12.2. The van der Waals surface area contributed by atoms with E-state index in [0.717, 1.165) is 31.5 Å². The van der Waals surface area contributed by atoms with Crippen LogP contribution in [0.2, 0.25) is 10.0 Å². The summed E-state index contributed by atoms with van der Waals surface area (Å²) in [6.45, 7) is 5.72. The third kappa shape index (κ3) is 5.50. The van der Waals surface area contributed by atoms with Crippen LogP contribution >= 0.6 is 23.2 Å². The first-order valence-corrected chi connectivity index (χ1v) is 8.15. The smallest absolute Gasteiger partial charge is 0.223 e. The van der Waals surface area contributed by atoms with Gasteiger partial charge in [0.1, 0.15) is 0 Å². The Kier molecular flexibility index (Phi) is 8.09. The quantitative estimate of drug-likeness (QED) is 0.721. The van der Waals surface area contributed by atoms with Crippen molar-refractivity contribution in [1.29, 1.82) is 0 Å². The molecule has 0 saturated carbocycles. The van der Waals surface area contributed by atoms with E-state index in [4.69, 9.17) is 23.2 Å². The molecule has 0 radical (unpaired) electrons. The number of carbonyl (C=O) groups excluding carboxylic acids is 1. The van der Waals surface area contributed by atoms with Gasteiger partial charge in [0.05, 0.1) is 16.1 Å². The lowest BCUT2D eigenvalue weighted by atomic mass is 10.1. The molecule has 1 rings (SSSR count). The molecule has 0 aromatic heterocycles. The number of carbonyl (C=O) groups is 1. The van der Waals surface area contributed by atoms with Crippen molar-refractivity contribution >= 4 is 29.1 Å². The van der Waals surface area contributed by atoms with Crippen LogP contribution in [0, 0.1) is 0 Å². The summed E-state index contributed by atoms with van der Waals surface area (Å²) in [7, 11) is 1.90. The summed E-state index contributed by atoms with van der Waals surface area (Å²) in [5, 5.41) is 4.13. The SMILES string of the molecule is CCCN(C(=O)CCCNC)C(C)c1ccc(Cl)c(Cl)c1. The lowest BCUT2D eigenvalue weighted by Crippen LogP contribution is -2.34. The number of amides is 1. The van der Waals surface area contributed by atoms with Gasteiger partial charge in [-0.2, -0.15) is 0 Å². The lowest BCUT2D eigenvalue weighted by Gasteiger charge is -2.29. The highest BCUT2D eigenvalue weighted by atomic mass is 35.5. The summed E-state index contributed by atoms with van der Waals surface area (Å²) in [5.74, 6) is 0.186. The zero-order valence-electron chi connectivity index (χ0n) is 13.0. The maximum atomic E-state index is 12.4. The molecule has 21 heavy (non-hydrogen) atoms. The molecule has 1 aromatic rings. The van der Waals surface area contributed by atoms with Crippen molar-refractivity contribution in [1.82, 2.24) is 10.2 Å². The summed E-state index contributed by atoms with van der Waals surface area (Å²) >= 11 is 12.0. The van der Waals surface area contributed by atoms with E-state index >= 15 is 0 Å². The molecule has 0 aliphatic heterocycles. The summed E-state index contributed by atoms with van der Waals surface area (Å²) in [6, 6.07) is 5.56. The van der Waals surface area contributed by atoms with Crippen LogP contribution < -0.4 is 5.32 Å². The molecule has 0 fully saturated rings. The molecule has 0 saturated heterocycles. The van der Waals surface area contributed by atoms with E-state index in [-0.39, 0.29) is 11.9 Å². The summed E-state index contributed by atoms with van der Waals surface area (Å²) < 4.78 is 0. The molecule has 1 unspecified atom stereocenters. The van der Waals surface area contributed by atoms with Gasteiger partial charge in [0.15, 0.2) is 0 Å². The number of rotatable bonds is 8. The maximum Gasteiger partial charge on any atom is 0.223 e. The Labute approximate surface area is 137 Å². The molecule has 5 heteroatoms. The van der Waals surface area contributed by atoms with E-state index in [9.17, 15) is 4.79 Å². The topological polar surface area (TPSA) is 32.3 Å². The van der Waals surface area contributed by atoms with Crippen LogP contribution in [-0.4, -0.2) is 30.9 Å². The number of hydrogen-bond acceptors (Lipinski definition) is 2. The molecule has 1 aromatic carbocycles. The number of hydrogen-bond donors (Lipinski definition) is 1. The van der Waals surface area contributed by atoms with Gasteiger partial charge in [-0.25, -0.2) is 0 Å². The van der Waals surface area contributed by atoms with Crippen LogP contribution in [0.4, 0.5) is 0 Å². The Morgan fingerprint density at radius 1 is 1.33 bits per heavy atom. The first kappa shape index (κ1) is 18.3. The van der Waals surface area contributed by atoms with Gasteiger partial charge < -0.3 is 10.2 Å². The zero-order chi connectivity index (χ0) is 15.8. The predicted molar refractivity (Wildman–Crippen MR) is 90.0 cm³/mol. The molecule has 0 bridgehead atoms. The largest absolute Gasteiger partial charge is 0.336 e. The van der Waals surface area contributed by atoms with E-state index in [0.29, 0.717) is 16.5 Å². The van der Waals surface area contributed by atoms with E-state index in [2.05, 4.69) is 12.2 Å². The minimum absolute atomic E-state index is 0.00167. The average molecular weight is 331 g/mol. The Morgan fingerprint density at radius 3 is 2.62 bits per heavy atom. The Morgan fingerprint density at radius 2 is 2.05 bits per heavy atom. The average Bonchev–Trinajstić information content (AvgIpc) is 2.47. The first-order chi connectivity index (χ1) is 10.0. The van der Waals surface area contributed by atoms with Crippen LogP contribution in [0.1, 0.15) is 44.7 Å². The highest BCUT2D eigenvalue weighted by Crippen LogP contribution is 2.28. The minimum atomic E-state index is 0.00167. The molecule has 0 spiro atoms. The molecule has 0 aliphatic rings. The van der Waals surface area contributed by atoms with Gasteiger partial charge in [0.2, 0.25) is 5.91 Å².